The van der Waals surface area contributed by atoms with Crippen LogP contribution in [-0.2, 0) is 0 Å². The van der Waals surface area contributed by atoms with Crippen molar-refractivity contribution in [1.29, 1.82) is 0 Å². The van der Waals surface area contributed by atoms with Crippen molar-refractivity contribution in [3.05, 3.63) is 58.3 Å². The van der Waals surface area contributed by atoms with E-state index in [-0.39, 0.29) is 5.78 Å². The number of nitrogens with zero attached hydrogens (tertiary/aromatic N) is 1. The van der Waals surface area contributed by atoms with E-state index in [0.717, 1.165) is 15.1 Å². The molecule has 0 radical (unpaired) electrons. The van der Waals surface area contributed by atoms with Gasteiger partial charge in [0, 0.05) is 26.8 Å². The topological polar surface area (TPSA) is 30.0 Å². The highest BCUT2D eigenvalue weighted by Gasteiger charge is 2.07. The third kappa shape index (κ3) is 3.68. The van der Waals surface area contributed by atoms with Gasteiger partial charge in [-0.25, -0.2) is 0 Å². The monoisotopic (exact) mass is 321 g/mol. The van der Waals surface area contributed by atoms with Crippen LogP contribution in [0.1, 0.15) is 16.1 Å². The first-order valence-electron chi connectivity index (χ1n) is 5.49. The lowest BCUT2D eigenvalue weighted by Crippen LogP contribution is -2.03. The minimum Gasteiger partial charge on any atom is -0.293 e. The van der Waals surface area contributed by atoms with Crippen LogP contribution >= 0.6 is 27.7 Å². The maximum absolute atomic E-state index is 11.9. The normalized spacial score (nSPS) is 10.3. The van der Waals surface area contributed by atoms with Gasteiger partial charge >= 0.3 is 0 Å². The highest BCUT2D eigenvalue weighted by atomic mass is 79.9. The molecule has 0 saturated carbocycles. The Morgan fingerprint density at radius 1 is 1.33 bits per heavy atom. The Bertz CT molecular complexity index is 554. The number of carbonyl (C=O) groups is 1. The predicted molar refractivity (Wildman–Crippen MR) is 78.2 cm³/mol. The molecule has 0 aliphatic rings. The zero-order valence-electron chi connectivity index (χ0n) is 9.89. The number of hydrogen-bond donors (Lipinski definition) is 0. The van der Waals surface area contributed by atoms with Gasteiger partial charge in [0.15, 0.2) is 5.78 Å². The predicted octanol–water partition coefficient (Wildman–Crippen LogP) is 4.13. The number of carbonyl (C=O) groups excluding carboxylic acids is 1. The SMILES string of the molecule is Cc1ccc(C(=O)CSc2cccc(Br)c2)cn1. The molecule has 18 heavy (non-hydrogen) atoms. The Balaban J connectivity index is 1.98. The molecule has 2 nitrogen and oxygen atoms in total. The zero-order chi connectivity index (χ0) is 13.0. The first kappa shape index (κ1) is 13.3. The number of aromatic nitrogens is 1. The summed E-state index contributed by atoms with van der Waals surface area (Å²) in [5.74, 6) is 0.536. The summed E-state index contributed by atoms with van der Waals surface area (Å²) in [7, 11) is 0. The van der Waals surface area contributed by atoms with E-state index in [1.807, 2.05) is 43.3 Å². The Hall–Kier alpha value is -1.13. The summed E-state index contributed by atoms with van der Waals surface area (Å²) in [5, 5.41) is 0. The summed E-state index contributed by atoms with van der Waals surface area (Å²) in [6, 6.07) is 11.6. The number of hydrogen-bond acceptors (Lipinski definition) is 3. The van der Waals surface area contributed by atoms with E-state index in [4.69, 9.17) is 0 Å². The van der Waals surface area contributed by atoms with Crippen LogP contribution in [0.15, 0.2) is 52.0 Å². The number of Topliss-reactive ketones (excluding diaryl/α,β-unsaturated/α-hetero) is 1. The molecule has 92 valence electrons. The number of ketones is 1. The fourth-order valence-corrected chi connectivity index (χ4v) is 2.82. The Morgan fingerprint density at radius 3 is 2.83 bits per heavy atom. The van der Waals surface area contributed by atoms with Crippen LogP contribution in [0.4, 0.5) is 0 Å². The number of rotatable bonds is 4. The largest absolute Gasteiger partial charge is 0.293 e. The molecule has 0 atom stereocenters. The molecule has 2 rings (SSSR count). The van der Waals surface area contributed by atoms with E-state index in [2.05, 4.69) is 20.9 Å². The van der Waals surface area contributed by atoms with Crippen molar-refractivity contribution in [2.24, 2.45) is 0 Å². The number of halogens is 1. The molecule has 0 aliphatic heterocycles. The lowest BCUT2D eigenvalue weighted by molar-refractivity contribution is 0.102. The molecule has 0 unspecified atom stereocenters. The second-order valence-corrected chi connectivity index (χ2v) is 5.82. The van der Waals surface area contributed by atoms with Crippen molar-refractivity contribution in [3.63, 3.8) is 0 Å². The summed E-state index contributed by atoms with van der Waals surface area (Å²) in [6.45, 7) is 1.91. The van der Waals surface area contributed by atoms with Gasteiger partial charge in [0.2, 0.25) is 0 Å². The highest BCUT2D eigenvalue weighted by Crippen LogP contribution is 2.22. The van der Waals surface area contributed by atoms with Crippen LogP contribution in [0.25, 0.3) is 0 Å². The zero-order valence-corrected chi connectivity index (χ0v) is 12.3. The van der Waals surface area contributed by atoms with Crippen molar-refractivity contribution in [3.8, 4) is 0 Å². The first-order chi connectivity index (χ1) is 8.65. The summed E-state index contributed by atoms with van der Waals surface area (Å²) in [5.41, 5.74) is 1.59. The van der Waals surface area contributed by atoms with E-state index >= 15 is 0 Å². The van der Waals surface area contributed by atoms with Crippen LogP contribution in [-0.4, -0.2) is 16.5 Å². The molecular formula is C14H12BrNOS. The van der Waals surface area contributed by atoms with Gasteiger partial charge < -0.3 is 0 Å². The van der Waals surface area contributed by atoms with Crippen molar-refractivity contribution >= 4 is 33.5 Å². The van der Waals surface area contributed by atoms with Gasteiger partial charge in [-0.15, -0.1) is 11.8 Å². The van der Waals surface area contributed by atoms with Gasteiger partial charge in [-0.2, -0.15) is 0 Å². The molecular weight excluding hydrogens is 310 g/mol. The van der Waals surface area contributed by atoms with Crippen LogP contribution in [0.5, 0.6) is 0 Å². The Labute approximate surface area is 119 Å². The van der Waals surface area contributed by atoms with E-state index in [1.54, 1.807) is 6.20 Å². The minimum absolute atomic E-state index is 0.104. The number of pyridine rings is 1. The fourth-order valence-electron chi connectivity index (χ4n) is 1.42. The second-order valence-electron chi connectivity index (χ2n) is 3.86. The Kier molecular flexibility index (Phi) is 4.55. The summed E-state index contributed by atoms with van der Waals surface area (Å²) >= 11 is 4.95. The molecule has 0 spiro atoms. The van der Waals surface area contributed by atoms with E-state index in [1.165, 1.54) is 11.8 Å². The minimum atomic E-state index is 0.104. The molecule has 0 saturated heterocycles. The van der Waals surface area contributed by atoms with Gasteiger partial charge in [-0.05, 0) is 37.3 Å². The molecule has 0 fully saturated rings. The van der Waals surface area contributed by atoms with Crippen LogP contribution in [0.3, 0.4) is 0 Å². The molecule has 2 aromatic rings. The van der Waals surface area contributed by atoms with E-state index in [9.17, 15) is 4.79 Å². The van der Waals surface area contributed by atoms with E-state index < -0.39 is 0 Å². The molecule has 1 aromatic heterocycles. The third-order valence-electron chi connectivity index (χ3n) is 2.40. The third-order valence-corrected chi connectivity index (χ3v) is 3.89. The van der Waals surface area contributed by atoms with Crippen molar-refractivity contribution in [1.82, 2.24) is 4.98 Å². The molecule has 0 N–H and O–H groups in total. The molecule has 0 aliphatic carbocycles. The average molecular weight is 322 g/mol. The number of aryl methyl sites for hydroxylation is 1. The summed E-state index contributed by atoms with van der Waals surface area (Å²) in [6.07, 6.45) is 1.64. The second kappa shape index (κ2) is 6.16. The molecule has 0 amide bonds. The molecule has 1 aromatic carbocycles. The van der Waals surface area contributed by atoms with Crippen LogP contribution < -0.4 is 0 Å². The molecule has 0 bridgehead atoms. The maximum Gasteiger partial charge on any atom is 0.174 e. The Morgan fingerprint density at radius 2 is 2.17 bits per heavy atom. The van der Waals surface area contributed by atoms with Gasteiger partial charge in [0.25, 0.3) is 0 Å². The van der Waals surface area contributed by atoms with Crippen LogP contribution in [0, 0.1) is 6.92 Å². The van der Waals surface area contributed by atoms with Crippen molar-refractivity contribution in [2.45, 2.75) is 11.8 Å². The lowest BCUT2D eigenvalue weighted by atomic mass is 10.2. The van der Waals surface area contributed by atoms with Gasteiger partial charge in [-0.1, -0.05) is 22.0 Å². The van der Waals surface area contributed by atoms with Gasteiger partial charge in [0.1, 0.15) is 0 Å². The van der Waals surface area contributed by atoms with Crippen LogP contribution in [0.2, 0.25) is 0 Å². The highest BCUT2D eigenvalue weighted by molar-refractivity contribution is 9.10. The van der Waals surface area contributed by atoms with E-state index in [0.29, 0.717) is 11.3 Å². The number of benzene rings is 1. The smallest absolute Gasteiger partial charge is 0.174 e. The molecule has 4 heteroatoms. The lowest BCUT2D eigenvalue weighted by Gasteiger charge is -2.02. The van der Waals surface area contributed by atoms with Crippen molar-refractivity contribution in [2.75, 3.05) is 5.75 Å². The quantitative estimate of drug-likeness (QED) is 0.626. The van der Waals surface area contributed by atoms with Gasteiger partial charge in [0.05, 0.1) is 5.75 Å². The van der Waals surface area contributed by atoms with Crippen molar-refractivity contribution < 1.29 is 4.79 Å². The van der Waals surface area contributed by atoms with Gasteiger partial charge in [-0.3, -0.25) is 9.78 Å². The number of thioether (sulfide) groups is 1. The maximum atomic E-state index is 11.9. The first-order valence-corrected chi connectivity index (χ1v) is 7.27. The average Bonchev–Trinajstić information content (AvgIpc) is 2.37. The summed E-state index contributed by atoms with van der Waals surface area (Å²) < 4.78 is 1.02. The fraction of sp³-hybridized carbons (Fsp3) is 0.143. The standard InChI is InChI=1S/C14H12BrNOS/c1-10-5-6-11(8-16-10)14(17)9-18-13-4-2-3-12(15)7-13/h2-8H,9H2,1H3. The summed E-state index contributed by atoms with van der Waals surface area (Å²) in [4.78, 5) is 17.2. The molecule has 1 heterocycles.